The van der Waals surface area contributed by atoms with Gasteiger partial charge in [0.2, 0.25) is 0 Å². The van der Waals surface area contributed by atoms with Crippen LogP contribution in [0.1, 0.15) is 21.5 Å². The number of aryl methyl sites for hydroxylation is 2. The van der Waals surface area contributed by atoms with E-state index in [-0.39, 0.29) is 17.1 Å². The minimum absolute atomic E-state index is 0.207. The molecule has 0 bridgehead atoms. The van der Waals surface area contributed by atoms with E-state index in [1.165, 1.54) is 10.8 Å². The molecule has 0 aliphatic rings. The van der Waals surface area contributed by atoms with Gasteiger partial charge in [-0.15, -0.1) is 0 Å². The van der Waals surface area contributed by atoms with Crippen LogP contribution < -0.4 is 17.0 Å². The van der Waals surface area contributed by atoms with Crippen molar-refractivity contribution in [3.8, 4) is 5.69 Å². The van der Waals surface area contributed by atoms with Gasteiger partial charge in [0.05, 0.1) is 5.56 Å². The third-order valence-corrected chi connectivity index (χ3v) is 3.91. The fourth-order valence-corrected chi connectivity index (χ4v) is 2.77. The SMILES string of the molecule is Cc1cccc(-n2cc(C(=O)N=C(N)N)c3cc(C)ccc3c2=O)c1. The summed E-state index contributed by atoms with van der Waals surface area (Å²) in [5.74, 6) is -0.906. The van der Waals surface area contributed by atoms with Crippen LogP contribution in [0.2, 0.25) is 0 Å². The number of amides is 1. The minimum Gasteiger partial charge on any atom is -0.370 e. The maximum absolute atomic E-state index is 12.9. The van der Waals surface area contributed by atoms with Crippen molar-refractivity contribution >= 4 is 22.6 Å². The second-order valence-corrected chi connectivity index (χ2v) is 5.95. The molecule has 126 valence electrons. The molecule has 6 heteroatoms. The van der Waals surface area contributed by atoms with Crippen LogP contribution in [-0.2, 0) is 0 Å². The van der Waals surface area contributed by atoms with Gasteiger partial charge in [0.25, 0.3) is 11.5 Å². The number of aliphatic imine (C=N–C) groups is 1. The Kier molecular flexibility index (Phi) is 4.10. The Labute approximate surface area is 144 Å². The van der Waals surface area contributed by atoms with E-state index in [9.17, 15) is 9.59 Å². The van der Waals surface area contributed by atoms with Gasteiger partial charge in [0.15, 0.2) is 5.96 Å². The number of fused-ring (bicyclic) bond motifs is 1. The highest BCUT2D eigenvalue weighted by Crippen LogP contribution is 2.20. The second-order valence-electron chi connectivity index (χ2n) is 5.95. The highest BCUT2D eigenvalue weighted by Gasteiger charge is 2.16. The number of rotatable bonds is 2. The summed E-state index contributed by atoms with van der Waals surface area (Å²) in [6.07, 6.45) is 1.49. The predicted octanol–water partition coefficient (Wildman–Crippen LogP) is 2.02. The third-order valence-electron chi connectivity index (χ3n) is 3.91. The molecule has 25 heavy (non-hydrogen) atoms. The molecule has 3 rings (SSSR count). The Morgan fingerprint density at radius 1 is 1.00 bits per heavy atom. The van der Waals surface area contributed by atoms with Crippen molar-refractivity contribution in [1.82, 2.24) is 4.57 Å². The highest BCUT2D eigenvalue weighted by molar-refractivity contribution is 6.10. The summed E-state index contributed by atoms with van der Waals surface area (Å²) in [4.78, 5) is 29.0. The van der Waals surface area contributed by atoms with Crippen LogP contribution in [0.25, 0.3) is 16.5 Å². The van der Waals surface area contributed by atoms with Gasteiger partial charge in [-0.05, 0) is 37.6 Å². The molecule has 0 saturated carbocycles. The first kappa shape index (κ1) is 16.4. The zero-order chi connectivity index (χ0) is 18.1. The molecule has 1 heterocycles. The number of carbonyl (C=O) groups excluding carboxylic acids is 1. The summed E-state index contributed by atoms with van der Waals surface area (Å²) in [7, 11) is 0. The van der Waals surface area contributed by atoms with E-state index in [0.29, 0.717) is 16.5 Å². The lowest BCUT2D eigenvalue weighted by atomic mass is 10.0. The lowest BCUT2D eigenvalue weighted by Gasteiger charge is -2.12. The lowest BCUT2D eigenvalue weighted by Crippen LogP contribution is -2.25. The van der Waals surface area contributed by atoms with Gasteiger partial charge in [-0.3, -0.25) is 14.2 Å². The van der Waals surface area contributed by atoms with Crippen LogP contribution in [0.15, 0.2) is 58.4 Å². The number of hydrogen-bond acceptors (Lipinski definition) is 2. The van der Waals surface area contributed by atoms with Crippen LogP contribution in [0.3, 0.4) is 0 Å². The Balaban J connectivity index is 2.39. The fraction of sp³-hybridized carbons (Fsp3) is 0.105. The Morgan fingerprint density at radius 3 is 2.40 bits per heavy atom. The Hall–Kier alpha value is -3.41. The van der Waals surface area contributed by atoms with Gasteiger partial charge in [-0.2, -0.15) is 4.99 Å². The number of benzene rings is 2. The molecule has 0 radical (unpaired) electrons. The summed E-state index contributed by atoms with van der Waals surface area (Å²) >= 11 is 0. The zero-order valence-corrected chi connectivity index (χ0v) is 14.0. The standard InChI is InChI=1S/C19H18N4O2/c1-11-4-3-5-13(8-11)23-10-16(17(24)22-19(20)21)15-9-12(2)6-7-14(15)18(23)25/h3-10H,1-2H3,(H4,20,21,22,24). The minimum atomic E-state index is -0.586. The molecule has 0 fully saturated rings. The highest BCUT2D eigenvalue weighted by atomic mass is 16.1. The van der Waals surface area contributed by atoms with E-state index in [0.717, 1.165) is 11.1 Å². The molecule has 4 N–H and O–H groups in total. The lowest BCUT2D eigenvalue weighted by molar-refractivity contribution is 0.100. The Morgan fingerprint density at radius 2 is 1.72 bits per heavy atom. The van der Waals surface area contributed by atoms with Crippen LogP contribution in [0.4, 0.5) is 0 Å². The first-order valence-corrected chi connectivity index (χ1v) is 7.74. The number of pyridine rings is 1. The van der Waals surface area contributed by atoms with Gasteiger partial charge in [-0.1, -0.05) is 29.8 Å². The molecule has 3 aromatic rings. The average molecular weight is 334 g/mol. The molecular formula is C19H18N4O2. The molecule has 0 saturated heterocycles. The number of nitrogens with two attached hydrogens (primary N) is 2. The fourth-order valence-electron chi connectivity index (χ4n) is 2.77. The van der Waals surface area contributed by atoms with Crippen molar-refractivity contribution in [1.29, 1.82) is 0 Å². The summed E-state index contributed by atoms with van der Waals surface area (Å²) < 4.78 is 1.44. The number of aromatic nitrogens is 1. The topological polar surface area (TPSA) is 103 Å². The third kappa shape index (κ3) is 3.14. The Bertz CT molecular complexity index is 1080. The molecule has 0 aliphatic carbocycles. The maximum atomic E-state index is 12.9. The van der Waals surface area contributed by atoms with Crippen molar-refractivity contribution in [2.24, 2.45) is 16.5 Å². The number of carbonyl (C=O) groups is 1. The van der Waals surface area contributed by atoms with Crippen molar-refractivity contribution < 1.29 is 4.79 Å². The van der Waals surface area contributed by atoms with Crippen LogP contribution >= 0.6 is 0 Å². The van der Waals surface area contributed by atoms with Gasteiger partial charge < -0.3 is 11.5 Å². The van der Waals surface area contributed by atoms with E-state index in [4.69, 9.17) is 11.5 Å². The molecule has 0 unspecified atom stereocenters. The predicted molar refractivity (Wildman–Crippen MR) is 99.2 cm³/mol. The second kappa shape index (κ2) is 6.24. The van der Waals surface area contributed by atoms with Crippen molar-refractivity contribution in [3.63, 3.8) is 0 Å². The maximum Gasteiger partial charge on any atom is 0.282 e. The quantitative estimate of drug-likeness (QED) is 0.552. The first-order chi connectivity index (χ1) is 11.9. The first-order valence-electron chi connectivity index (χ1n) is 7.74. The molecule has 1 aromatic heterocycles. The summed E-state index contributed by atoms with van der Waals surface area (Å²) in [5.41, 5.74) is 13.4. The van der Waals surface area contributed by atoms with Crippen molar-refractivity contribution in [2.75, 3.05) is 0 Å². The molecule has 2 aromatic carbocycles. The normalized spacial score (nSPS) is 10.6. The smallest absolute Gasteiger partial charge is 0.282 e. The zero-order valence-electron chi connectivity index (χ0n) is 14.0. The van der Waals surface area contributed by atoms with Crippen molar-refractivity contribution in [2.45, 2.75) is 13.8 Å². The van der Waals surface area contributed by atoms with Crippen LogP contribution in [0.5, 0.6) is 0 Å². The average Bonchev–Trinajstić information content (AvgIpc) is 2.54. The van der Waals surface area contributed by atoms with Crippen LogP contribution in [-0.4, -0.2) is 16.4 Å². The molecule has 0 spiro atoms. The largest absolute Gasteiger partial charge is 0.370 e. The molecular weight excluding hydrogens is 316 g/mol. The molecule has 1 amide bonds. The van der Waals surface area contributed by atoms with Gasteiger partial charge in [-0.25, -0.2) is 0 Å². The van der Waals surface area contributed by atoms with Crippen molar-refractivity contribution in [3.05, 3.63) is 75.7 Å². The molecule has 0 aliphatic heterocycles. The molecule has 0 atom stereocenters. The van der Waals surface area contributed by atoms with E-state index >= 15 is 0 Å². The monoisotopic (exact) mass is 334 g/mol. The van der Waals surface area contributed by atoms with E-state index < -0.39 is 5.91 Å². The summed E-state index contributed by atoms with van der Waals surface area (Å²) in [5, 5.41) is 0.965. The summed E-state index contributed by atoms with van der Waals surface area (Å²) in [6, 6.07) is 12.8. The van der Waals surface area contributed by atoms with E-state index in [2.05, 4.69) is 4.99 Å². The molecule has 6 nitrogen and oxygen atoms in total. The number of nitrogens with zero attached hydrogens (tertiary/aromatic N) is 2. The number of hydrogen-bond donors (Lipinski definition) is 2. The van der Waals surface area contributed by atoms with Gasteiger partial charge in [0.1, 0.15) is 0 Å². The van der Waals surface area contributed by atoms with Crippen LogP contribution in [0, 0.1) is 13.8 Å². The van der Waals surface area contributed by atoms with E-state index in [1.54, 1.807) is 12.1 Å². The van der Waals surface area contributed by atoms with Gasteiger partial charge in [0, 0.05) is 22.7 Å². The summed E-state index contributed by atoms with van der Waals surface area (Å²) in [6.45, 7) is 3.82. The van der Waals surface area contributed by atoms with Gasteiger partial charge >= 0.3 is 0 Å². The number of guanidine groups is 1. The van der Waals surface area contributed by atoms with E-state index in [1.807, 2.05) is 44.2 Å².